The highest BCUT2D eigenvalue weighted by Crippen LogP contribution is 2.49. The monoisotopic (exact) mass is 278 g/mol. The van der Waals surface area contributed by atoms with Crippen LogP contribution in [0.3, 0.4) is 0 Å². The molecular weight excluding hydrogens is 260 g/mol. The zero-order chi connectivity index (χ0) is 14.4. The lowest BCUT2D eigenvalue weighted by Gasteiger charge is -2.30. The van der Waals surface area contributed by atoms with Gasteiger partial charge in [0.2, 0.25) is 0 Å². The third-order valence-electron chi connectivity index (χ3n) is 4.70. The lowest BCUT2D eigenvalue weighted by atomic mass is 9.79. The van der Waals surface area contributed by atoms with Crippen molar-refractivity contribution in [2.75, 3.05) is 27.4 Å². The maximum atomic E-state index is 5.60. The van der Waals surface area contributed by atoms with Gasteiger partial charge in [-0.2, -0.15) is 0 Å². The molecule has 0 bridgehead atoms. The number of rotatable bonds is 4. The van der Waals surface area contributed by atoms with Crippen molar-refractivity contribution >= 4 is 21.5 Å². The molecule has 0 unspecified atom stereocenters. The summed E-state index contributed by atoms with van der Waals surface area (Å²) in [6.07, 6.45) is 0. The van der Waals surface area contributed by atoms with Crippen LogP contribution in [0.15, 0.2) is 48.5 Å². The van der Waals surface area contributed by atoms with E-state index in [0.717, 1.165) is 0 Å². The highest BCUT2D eigenvalue weighted by Gasteiger charge is 2.42. The summed E-state index contributed by atoms with van der Waals surface area (Å²) in [4.78, 5) is 0. The van der Waals surface area contributed by atoms with Gasteiger partial charge in [0.25, 0.3) is 0 Å². The van der Waals surface area contributed by atoms with Crippen LogP contribution in [-0.2, 0) is 14.9 Å². The van der Waals surface area contributed by atoms with Crippen molar-refractivity contribution in [2.24, 2.45) is 0 Å². The summed E-state index contributed by atoms with van der Waals surface area (Å²) in [5.41, 5.74) is 2.46. The van der Waals surface area contributed by atoms with Crippen LogP contribution in [0.2, 0.25) is 0 Å². The Kier molecular flexibility index (Phi) is 2.78. The van der Waals surface area contributed by atoms with Crippen molar-refractivity contribution in [3.8, 4) is 0 Å². The predicted molar refractivity (Wildman–Crippen MR) is 86.0 cm³/mol. The molecule has 0 radical (unpaired) electrons. The molecule has 0 fully saturated rings. The number of ether oxygens (including phenoxy) is 2. The Morgan fingerprint density at radius 2 is 1.19 bits per heavy atom. The minimum atomic E-state index is -0.202. The van der Waals surface area contributed by atoms with Crippen molar-refractivity contribution in [1.29, 1.82) is 0 Å². The number of methoxy groups -OCH3 is 2. The summed E-state index contributed by atoms with van der Waals surface area (Å²) in [5.74, 6) is 0. The molecule has 1 aliphatic carbocycles. The predicted octanol–water partition coefficient (Wildman–Crippen LogP) is 3.89. The van der Waals surface area contributed by atoms with Crippen LogP contribution in [0, 0.1) is 0 Å². The van der Waals surface area contributed by atoms with E-state index in [0.29, 0.717) is 13.2 Å². The number of benzene rings is 3. The molecule has 0 aromatic heterocycles. The molecule has 3 aromatic carbocycles. The fourth-order valence-corrected chi connectivity index (χ4v) is 3.94. The minimum absolute atomic E-state index is 0.202. The average molecular weight is 278 g/mol. The summed E-state index contributed by atoms with van der Waals surface area (Å²) in [7, 11) is 3.53. The maximum Gasteiger partial charge on any atom is 0.0681 e. The van der Waals surface area contributed by atoms with E-state index in [1.165, 1.54) is 32.7 Å². The van der Waals surface area contributed by atoms with Gasteiger partial charge in [-0.15, -0.1) is 0 Å². The van der Waals surface area contributed by atoms with Gasteiger partial charge in [-0.05, 0) is 32.7 Å². The molecule has 0 saturated heterocycles. The van der Waals surface area contributed by atoms with E-state index in [-0.39, 0.29) is 5.41 Å². The zero-order valence-electron chi connectivity index (χ0n) is 12.3. The van der Waals surface area contributed by atoms with Crippen LogP contribution in [0.4, 0.5) is 0 Å². The van der Waals surface area contributed by atoms with E-state index in [2.05, 4.69) is 48.5 Å². The van der Waals surface area contributed by atoms with Crippen LogP contribution < -0.4 is 0 Å². The van der Waals surface area contributed by atoms with E-state index < -0.39 is 0 Å². The lowest BCUT2D eigenvalue weighted by Crippen LogP contribution is -2.36. The molecule has 106 valence electrons. The molecule has 0 spiro atoms. The molecule has 0 saturated carbocycles. The van der Waals surface area contributed by atoms with Crippen molar-refractivity contribution in [1.82, 2.24) is 0 Å². The van der Waals surface area contributed by atoms with E-state index in [9.17, 15) is 0 Å². The topological polar surface area (TPSA) is 18.5 Å². The van der Waals surface area contributed by atoms with Gasteiger partial charge in [0.05, 0.1) is 18.6 Å². The Bertz CT molecular complexity index is 765. The fraction of sp³-hybridized carbons (Fsp3) is 0.263. The smallest absolute Gasteiger partial charge is 0.0681 e. The Labute approximate surface area is 124 Å². The zero-order valence-corrected chi connectivity index (χ0v) is 12.3. The largest absolute Gasteiger partial charge is 0.383 e. The summed E-state index contributed by atoms with van der Waals surface area (Å²) in [6, 6.07) is 17.5. The highest BCUT2D eigenvalue weighted by atomic mass is 16.5. The maximum absolute atomic E-state index is 5.60. The van der Waals surface area contributed by atoms with Gasteiger partial charge in [0.15, 0.2) is 0 Å². The minimum Gasteiger partial charge on any atom is -0.383 e. The van der Waals surface area contributed by atoms with Gasteiger partial charge in [0, 0.05) is 14.2 Å². The van der Waals surface area contributed by atoms with E-state index in [1.54, 1.807) is 14.2 Å². The second-order valence-electron chi connectivity index (χ2n) is 5.82. The molecule has 3 aromatic rings. The summed E-state index contributed by atoms with van der Waals surface area (Å²) in [6.45, 7) is 1.27. The first-order valence-electron chi connectivity index (χ1n) is 7.25. The molecule has 0 N–H and O–H groups in total. The lowest BCUT2D eigenvalue weighted by molar-refractivity contribution is 0.0817. The van der Waals surface area contributed by atoms with E-state index in [4.69, 9.17) is 9.47 Å². The molecule has 4 rings (SSSR count). The van der Waals surface area contributed by atoms with Crippen LogP contribution in [0.25, 0.3) is 21.5 Å². The molecular formula is C19H18O2. The second kappa shape index (κ2) is 4.55. The van der Waals surface area contributed by atoms with Gasteiger partial charge in [-0.1, -0.05) is 48.5 Å². The van der Waals surface area contributed by atoms with E-state index in [1.807, 2.05) is 0 Å². The summed E-state index contributed by atoms with van der Waals surface area (Å²) >= 11 is 0. The van der Waals surface area contributed by atoms with E-state index >= 15 is 0 Å². The Morgan fingerprint density at radius 1 is 0.714 bits per heavy atom. The number of hydrogen-bond acceptors (Lipinski definition) is 2. The second-order valence-corrected chi connectivity index (χ2v) is 5.82. The molecule has 1 aliphatic rings. The van der Waals surface area contributed by atoms with Gasteiger partial charge >= 0.3 is 0 Å². The molecule has 0 atom stereocenters. The molecule has 21 heavy (non-hydrogen) atoms. The third-order valence-corrected chi connectivity index (χ3v) is 4.70. The average Bonchev–Trinajstić information content (AvgIpc) is 2.79. The van der Waals surface area contributed by atoms with Gasteiger partial charge in [0.1, 0.15) is 0 Å². The standard InChI is InChI=1S/C19H18O2/c1-20-11-19(12-21-2)15-7-3-5-13-9-10-14-6-4-8-16(19)18(14)17(13)15/h3-10H,11-12H2,1-2H3. The SMILES string of the molecule is COCC1(COC)c2cccc3ccc4cccc1c4c23. The van der Waals surface area contributed by atoms with Gasteiger partial charge < -0.3 is 9.47 Å². The van der Waals surface area contributed by atoms with Crippen molar-refractivity contribution < 1.29 is 9.47 Å². The molecule has 2 nitrogen and oxygen atoms in total. The van der Waals surface area contributed by atoms with Gasteiger partial charge in [-0.3, -0.25) is 0 Å². The molecule has 0 aliphatic heterocycles. The quantitative estimate of drug-likeness (QED) is 0.674. The first kappa shape index (κ1) is 12.8. The van der Waals surface area contributed by atoms with Crippen molar-refractivity contribution in [3.63, 3.8) is 0 Å². The van der Waals surface area contributed by atoms with Crippen LogP contribution in [-0.4, -0.2) is 27.4 Å². The molecule has 0 amide bonds. The molecule has 2 heteroatoms. The normalized spacial score (nSPS) is 15.3. The third kappa shape index (κ3) is 1.55. The number of hydrogen-bond donors (Lipinski definition) is 0. The van der Waals surface area contributed by atoms with Gasteiger partial charge in [-0.25, -0.2) is 0 Å². The summed E-state index contributed by atoms with van der Waals surface area (Å²) in [5, 5.41) is 5.31. The highest BCUT2D eigenvalue weighted by molar-refractivity contribution is 6.14. The van der Waals surface area contributed by atoms with Crippen molar-refractivity contribution in [2.45, 2.75) is 5.41 Å². The Hall–Kier alpha value is -1.90. The van der Waals surface area contributed by atoms with Crippen molar-refractivity contribution in [3.05, 3.63) is 59.7 Å². The molecule has 0 heterocycles. The van der Waals surface area contributed by atoms with Crippen LogP contribution in [0.5, 0.6) is 0 Å². The Balaban J connectivity index is 2.18. The van der Waals surface area contributed by atoms with Crippen LogP contribution in [0.1, 0.15) is 11.1 Å². The van der Waals surface area contributed by atoms with Crippen LogP contribution >= 0.6 is 0 Å². The summed E-state index contributed by atoms with van der Waals surface area (Å²) < 4.78 is 11.2. The fourth-order valence-electron chi connectivity index (χ4n) is 3.94. The first-order chi connectivity index (χ1) is 10.3. The Morgan fingerprint density at radius 3 is 1.62 bits per heavy atom. The first-order valence-corrected chi connectivity index (χ1v) is 7.25.